The second-order valence-corrected chi connectivity index (χ2v) is 5.84. The summed E-state index contributed by atoms with van der Waals surface area (Å²) >= 11 is 12.6. The zero-order chi connectivity index (χ0) is 14.8. The molecule has 2 aromatic rings. The first kappa shape index (κ1) is 14.6. The number of hydrogen-bond donors (Lipinski definition) is 0. The summed E-state index contributed by atoms with van der Waals surface area (Å²) in [5, 5.41) is 0.937. The SMILES string of the molecule is CCCc1c(Cl)nc(C2CCOc3ccccc32)nc1Cl. The van der Waals surface area contributed by atoms with E-state index in [0.717, 1.165) is 36.1 Å². The van der Waals surface area contributed by atoms with Crippen LogP contribution in [0.25, 0.3) is 0 Å². The van der Waals surface area contributed by atoms with Crippen LogP contribution in [0.1, 0.15) is 42.6 Å². The largest absolute Gasteiger partial charge is 0.493 e. The van der Waals surface area contributed by atoms with Crippen molar-refractivity contribution in [2.75, 3.05) is 6.61 Å². The lowest BCUT2D eigenvalue weighted by Crippen LogP contribution is -2.17. The first-order chi connectivity index (χ1) is 10.2. The smallest absolute Gasteiger partial charge is 0.139 e. The standard InChI is InChI=1S/C16H16Cl2N2O/c1-2-5-12-14(17)19-16(20-15(12)18)11-8-9-21-13-7-4-3-6-10(11)13/h3-4,6-7,11H,2,5,8-9H2,1H3. The predicted molar refractivity (Wildman–Crippen MR) is 84.4 cm³/mol. The summed E-state index contributed by atoms with van der Waals surface area (Å²) in [6.45, 7) is 2.73. The first-order valence-electron chi connectivity index (χ1n) is 7.14. The third kappa shape index (κ3) is 2.85. The summed E-state index contributed by atoms with van der Waals surface area (Å²) in [5.41, 5.74) is 1.93. The predicted octanol–water partition coefficient (Wildman–Crippen LogP) is 4.65. The van der Waals surface area contributed by atoms with E-state index in [1.54, 1.807) is 0 Å². The van der Waals surface area contributed by atoms with Crippen LogP contribution in [0.2, 0.25) is 10.3 Å². The topological polar surface area (TPSA) is 35.0 Å². The maximum atomic E-state index is 6.29. The highest BCUT2D eigenvalue weighted by Gasteiger charge is 2.26. The lowest BCUT2D eigenvalue weighted by Gasteiger charge is -2.25. The van der Waals surface area contributed by atoms with Gasteiger partial charge in [0, 0.05) is 11.1 Å². The third-order valence-corrected chi connectivity index (χ3v) is 4.32. The summed E-state index contributed by atoms with van der Waals surface area (Å²) in [5.74, 6) is 1.66. The van der Waals surface area contributed by atoms with Crippen LogP contribution in [0.5, 0.6) is 5.75 Å². The van der Waals surface area contributed by atoms with Gasteiger partial charge in [-0.15, -0.1) is 0 Å². The van der Waals surface area contributed by atoms with E-state index < -0.39 is 0 Å². The molecule has 0 N–H and O–H groups in total. The van der Waals surface area contributed by atoms with Crippen LogP contribution >= 0.6 is 23.2 Å². The van der Waals surface area contributed by atoms with Gasteiger partial charge in [-0.3, -0.25) is 0 Å². The molecule has 0 aliphatic carbocycles. The molecule has 1 aliphatic rings. The maximum Gasteiger partial charge on any atom is 0.139 e. The Morgan fingerprint density at radius 1 is 1.19 bits per heavy atom. The number of halogens is 2. The van der Waals surface area contributed by atoms with E-state index >= 15 is 0 Å². The van der Waals surface area contributed by atoms with Crippen LogP contribution in [0, 0.1) is 0 Å². The van der Waals surface area contributed by atoms with Gasteiger partial charge in [-0.1, -0.05) is 54.7 Å². The van der Waals surface area contributed by atoms with Gasteiger partial charge in [0.25, 0.3) is 0 Å². The van der Waals surface area contributed by atoms with Crippen molar-refractivity contribution >= 4 is 23.2 Å². The molecule has 21 heavy (non-hydrogen) atoms. The molecule has 0 saturated carbocycles. The quantitative estimate of drug-likeness (QED) is 0.771. The molecule has 2 heterocycles. The molecule has 3 nitrogen and oxygen atoms in total. The zero-order valence-corrected chi connectivity index (χ0v) is 13.3. The normalized spacial score (nSPS) is 17.2. The second-order valence-electron chi connectivity index (χ2n) is 5.12. The van der Waals surface area contributed by atoms with E-state index in [4.69, 9.17) is 27.9 Å². The molecule has 0 amide bonds. The van der Waals surface area contributed by atoms with Crippen molar-refractivity contribution in [2.24, 2.45) is 0 Å². The Morgan fingerprint density at radius 3 is 2.62 bits per heavy atom. The molecular formula is C16H16Cl2N2O. The zero-order valence-electron chi connectivity index (χ0n) is 11.8. The molecule has 5 heteroatoms. The van der Waals surface area contributed by atoms with Crippen molar-refractivity contribution < 1.29 is 4.74 Å². The van der Waals surface area contributed by atoms with E-state index in [1.807, 2.05) is 24.3 Å². The fourth-order valence-corrected chi connectivity index (χ4v) is 3.26. The van der Waals surface area contributed by atoms with E-state index in [9.17, 15) is 0 Å². The molecule has 110 valence electrons. The highest BCUT2D eigenvalue weighted by atomic mass is 35.5. The van der Waals surface area contributed by atoms with Gasteiger partial charge in [0.2, 0.25) is 0 Å². The third-order valence-electron chi connectivity index (χ3n) is 3.69. The summed E-state index contributed by atoms with van der Waals surface area (Å²) in [4.78, 5) is 8.98. The van der Waals surface area contributed by atoms with E-state index in [0.29, 0.717) is 22.7 Å². The average molecular weight is 323 g/mol. The van der Waals surface area contributed by atoms with Crippen molar-refractivity contribution in [3.05, 3.63) is 51.5 Å². The number of aromatic nitrogens is 2. The summed E-state index contributed by atoms with van der Waals surface area (Å²) in [6, 6.07) is 7.97. The Kier molecular flexibility index (Phi) is 4.32. The number of fused-ring (bicyclic) bond motifs is 1. The number of ether oxygens (including phenoxy) is 1. The van der Waals surface area contributed by atoms with Gasteiger partial charge in [0.1, 0.15) is 21.9 Å². The summed E-state index contributed by atoms with van der Waals surface area (Å²) in [7, 11) is 0. The Bertz CT molecular complexity index is 637. The maximum absolute atomic E-state index is 6.29. The van der Waals surface area contributed by atoms with Crippen LogP contribution < -0.4 is 4.74 Å². The number of hydrogen-bond acceptors (Lipinski definition) is 3. The van der Waals surface area contributed by atoms with Gasteiger partial charge < -0.3 is 4.74 Å². The molecule has 0 fully saturated rings. The van der Waals surface area contributed by atoms with E-state index in [2.05, 4.69) is 16.9 Å². The minimum absolute atomic E-state index is 0.0839. The lowest BCUT2D eigenvalue weighted by atomic mass is 9.92. The van der Waals surface area contributed by atoms with Gasteiger partial charge in [-0.2, -0.15) is 0 Å². The molecule has 1 aromatic heterocycles. The molecular weight excluding hydrogens is 307 g/mol. The lowest BCUT2D eigenvalue weighted by molar-refractivity contribution is 0.274. The van der Waals surface area contributed by atoms with Gasteiger partial charge in [-0.25, -0.2) is 9.97 Å². The van der Waals surface area contributed by atoms with E-state index in [-0.39, 0.29) is 5.92 Å². The number of para-hydroxylation sites is 1. The Hall–Kier alpha value is -1.32. The molecule has 1 aromatic carbocycles. The van der Waals surface area contributed by atoms with Crippen molar-refractivity contribution in [3.8, 4) is 5.75 Å². The van der Waals surface area contributed by atoms with Gasteiger partial charge >= 0.3 is 0 Å². The fourth-order valence-electron chi connectivity index (χ4n) is 2.67. The van der Waals surface area contributed by atoms with Gasteiger partial charge in [0.05, 0.1) is 12.5 Å². The van der Waals surface area contributed by atoms with Gasteiger partial charge in [-0.05, 0) is 18.9 Å². The molecule has 1 atom stereocenters. The molecule has 0 spiro atoms. The monoisotopic (exact) mass is 322 g/mol. The summed E-state index contributed by atoms with van der Waals surface area (Å²) < 4.78 is 5.68. The van der Waals surface area contributed by atoms with Gasteiger partial charge in [0.15, 0.2) is 0 Å². The minimum atomic E-state index is 0.0839. The van der Waals surface area contributed by atoms with Crippen LogP contribution in [-0.4, -0.2) is 16.6 Å². The molecule has 0 radical (unpaired) electrons. The van der Waals surface area contributed by atoms with Crippen LogP contribution in [-0.2, 0) is 6.42 Å². The fraction of sp³-hybridized carbons (Fsp3) is 0.375. The highest BCUT2D eigenvalue weighted by Crippen LogP contribution is 2.37. The highest BCUT2D eigenvalue weighted by molar-refractivity contribution is 6.34. The number of rotatable bonds is 3. The summed E-state index contributed by atoms with van der Waals surface area (Å²) in [6.07, 6.45) is 2.58. The number of benzene rings is 1. The minimum Gasteiger partial charge on any atom is -0.493 e. The van der Waals surface area contributed by atoms with Crippen molar-refractivity contribution in [1.29, 1.82) is 0 Å². The van der Waals surface area contributed by atoms with Crippen LogP contribution in [0.4, 0.5) is 0 Å². The average Bonchev–Trinajstić information content (AvgIpc) is 2.50. The Labute approximate surface area is 134 Å². The van der Waals surface area contributed by atoms with Crippen molar-refractivity contribution in [1.82, 2.24) is 9.97 Å². The van der Waals surface area contributed by atoms with Crippen molar-refractivity contribution in [2.45, 2.75) is 32.1 Å². The Morgan fingerprint density at radius 2 is 1.90 bits per heavy atom. The second kappa shape index (κ2) is 6.20. The molecule has 1 unspecified atom stereocenters. The molecule has 0 saturated heterocycles. The first-order valence-corrected chi connectivity index (χ1v) is 7.89. The van der Waals surface area contributed by atoms with Crippen LogP contribution in [0.3, 0.4) is 0 Å². The van der Waals surface area contributed by atoms with Crippen molar-refractivity contribution in [3.63, 3.8) is 0 Å². The number of nitrogens with zero attached hydrogens (tertiary/aromatic N) is 2. The van der Waals surface area contributed by atoms with Crippen LogP contribution in [0.15, 0.2) is 24.3 Å². The molecule has 1 aliphatic heterocycles. The van der Waals surface area contributed by atoms with E-state index in [1.165, 1.54) is 0 Å². The molecule has 3 rings (SSSR count). The molecule has 0 bridgehead atoms. The Balaban J connectivity index is 2.02.